The predicted octanol–water partition coefficient (Wildman–Crippen LogP) is 3.40. The molecule has 0 radical (unpaired) electrons. The van der Waals surface area contributed by atoms with Crippen molar-refractivity contribution in [3.63, 3.8) is 0 Å². The molecule has 0 saturated heterocycles. The highest BCUT2D eigenvalue weighted by Gasteiger charge is 2.30. The second kappa shape index (κ2) is 10.2. The maximum Gasteiger partial charge on any atom is 0.306 e. The number of halogens is 2. The molecule has 4 nitrogen and oxygen atoms in total. The number of benzene rings is 1. The fourth-order valence-electron chi connectivity index (χ4n) is 3.31. The van der Waals surface area contributed by atoms with Crippen molar-refractivity contribution in [3.8, 4) is 5.75 Å². The molecule has 140 valence electrons. The number of quaternary nitrogens is 1. The first-order valence-electron chi connectivity index (χ1n) is 9.02. The molecule has 1 aromatic carbocycles. The summed E-state index contributed by atoms with van der Waals surface area (Å²) in [5.74, 6) is 0.934. The summed E-state index contributed by atoms with van der Waals surface area (Å²) in [5, 5.41) is 1.05. The Kier molecular flexibility index (Phi) is 8.34. The van der Waals surface area contributed by atoms with Crippen molar-refractivity contribution in [2.75, 3.05) is 27.2 Å². The van der Waals surface area contributed by atoms with E-state index >= 15 is 0 Å². The predicted molar refractivity (Wildman–Crippen MR) is 101 cm³/mol. The van der Waals surface area contributed by atoms with Crippen LogP contribution in [0.1, 0.15) is 38.5 Å². The molecule has 2 rings (SSSR count). The molecule has 1 N–H and O–H groups in total. The molecule has 1 aliphatic carbocycles. The van der Waals surface area contributed by atoms with Crippen LogP contribution < -0.4 is 9.64 Å². The first-order chi connectivity index (χ1) is 12.0. The van der Waals surface area contributed by atoms with E-state index in [1.165, 1.54) is 11.3 Å². The second-order valence-electron chi connectivity index (χ2n) is 7.01. The maximum absolute atomic E-state index is 12.1. The molecule has 1 aromatic rings. The molecule has 0 amide bonds. The van der Waals surface area contributed by atoms with E-state index in [1.54, 1.807) is 18.2 Å². The number of hydrogen-bond donors (Lipinski definition) is 1. The normalized spacial score (nSPS) is 20.5. The molecule has 0 aromatic heterocycles. The summed E-state index contributed by atoms with van der Waals surface area (Å²) < 4.78 is 11.3. The standard InChI is InChI=1S/C19H27Cl2NO3/c1-22(2)13-14-6-3-4-7-17(14)25-19(23)8-5-11-24-18-10-9-15(20)12-16(18)21/h9-10,12,14,17H,3-8,11,13H2,1-2H3/p+1/t14-,17+/m1/s1. The van der Waals surface area contributed by atoms with Gasteiger partial charge >= 0.3 is 5.97 Å². The van der Waals surface area contributed by atoms with Crippen LogP contribution in [-0.2, 0) is 9.53 Å². The van der Waals surface area contributed by atoms with E-state index in [4.69, 9.17) is 32.7 Å². The maximum atomic E-state index is 12.1. The first-order valence-corrected chi connectivity index (χ1v) is 9.77. The van der Waals surface area contributed by atoms with E-state index in [0.29, 0.717) is 41.2 Å². The molecule has 6 heteroatoms. The molecule has 1 fully saturated rings. The van der Waals surface area contributed by atoms with Crippen molar-refractivity contribution in [2.45, 2.75) is 44.6 Å². The number of esters is 1. The lowest BCUT2D eigenvalue weighted by Crippen LogP contribution is -3.06. The summed E-state index contributed by atoms with van der Waals surface area (Å²) in [6.45, 7) is 1.47. The first kappa shape index (κ1) is 20.3. The SMILES string of the molecule is C[NH+](C)C[C@H]1CCCC[C@@H]1OC(=O)CCCOc1ccc(Cl)cc1Cl. The van der Waals surface area contributed by atoms with Crippen LogP contribution in [0.5, 0.6) is 5.75 Å². The lowest BCUT2D eigenvalue weighted by atomic mass is 9.86. The largest absolute Gasteiger partial charge is 0.492 e. The van der Waals surface area contributed by atoms with Crippen molar-refractivity contribution in [1.29, 1.82) is 0 Å². The molecule has 25 heavy (non-hydrogen) atoms. The van der Waals surface area contributed by atoms with Crippen LogP contribution in [0.4, 0.5) is 0 Å². The zero-order valence-electron chi connectivity index (χ0n) is 15.0. The minimum Gasteiger partial charge on any atom is -0.492 e. The summed E-state index contributed by atoms with van der Waals surface area (Å²) >= 11 is 11.9. The Morgan fingerprint density at radius 2 is 2.00 bits per heavy atom. The Labute approximate surface area is 160 Å². The second-order valence-corrected chi connectivity index (χ2v) is 7.85. The van der Waals surface area contributed by atoms with E-state index in [1.807, 2.05) is 0 Å². The lowest BCUT2D eigenvalue weighted by molar-refractivity contribution is -0.862. The van der Waals surface area contributed by atoms with Crippen LogP contribution in [0.25, 0.3) is 0 Å². The minimum absolute atomic E-state index is 0.0720. The smallest absolute Gasteiger partial charge is 0.306 e. The van der Waals surface area contributed by atoms with E-state index in [2.05, 4.69) is 14.1 Å². The number of ether oxygens (including phenoxy) is 2. The molecule has 1 saturated carbocycles. The van der Waals surface area contributed by atoms with Crippen LogP contribution in [0.15, 0.2) is 18.2 Å². The summed E-state index contributed by atoms with van der Waals surface area (Å²) in [6, 6.07) is 5.11. The van der Waals surface area contributed by atoms with Gasteiger partial charge in [0.05, 0.1) is 32.3 Å². The summed E-state index contributed by atoms with van der Waals surface area (Å²) in [4.78, 5) is 13.5. The molecule has 0 spiro atoms. The van der Waals surface area contributed by atoms with E-state index in [0.717, 1.165) is 25.8 Å². The lowest BCUT2D eigenvalue weighted by Gasteiger charge is -2.31. The Hall–Kier alpha value is -0.970. The van der Waals surface area contributed by atoms with Crippen LogP contribution in [0, 0.1) is 5.92 Å². The number of carbonyl (C=O) groups is 1. The average Bonchev–Trinajstić information content (AvgIpc) is 2.54. The van der Waals surface area contributed by atoms with Crippen LogP contribution in [0.2, 0.25) is 10.0 Å². The third-order valence-electron chi connectivity index (χ3n) is 4.47. The Bertz CT molecular complexity index is 566. The van der Waals surface area contributed by atoms with Gasteiger partial charge in [0.1, 0.15) is 11.9 Å². The minimum atomic E-state index is -0.128. The molecular formula is C19H28Cl2NO3+. The fourth-order valence-corrected chi connectivity index (χ4v) is 3.77. The van der Waals surface area contributed by atoms with Gasteiger partial charge in [-0.05, 0) is 43.9 Å². The molecule has 0 unspecified atom stereocenters. The van der Waals surface area contributed by atoms with Gasteiger partial charge in [-0.1, -0.05) is 29.6 Å². The molecule has 1 aliphatic rings. The highest BCUT2D eigenvalue weighted by Crippen LogP contribution is 2.28. The van der Waals surface area contributed by atoms with Gasteiger partial charge < -0.3 is 14.4 Å². The molecule has 0 heterocycles. The average molecular weight is 389 g/mol. The third-order valence-corrected chi connectivity index (χ3v) is 5.00. The Morgan fingerprint density at radius 1 is 1.24 bits per heavy atom. The van der Waals surface area contributed by atoms with Gasteiger partial charge in [0.15, 0.2) is 0 Å². The van der Waals surface area contributed by atoms with Gasteiger partial charge in [-0.25, -0.2) is 0 Å². The van der Waals surface area contributed by atoms with Gasteiger partial charge in [0.25, 0.3) is 0 Å². The van der Waals surface area contributed by atoms with Crippen LogP contribution in [-0.4, -0.2) is 39.3 Å². The third kappa shape index (κ3) is 7.04. The summed E-state index contributed by atoms with van der Waals surface area (Å²) in [5.41, 5.74) is 0. The Balaban J connectivity index is 1.70. The van der Waals surface area contributed by atoms with Crippen molar-refractivity contribution >= 4 is 29.2 Å². The number of rotatable bonds is 8. The fraction of sp³-hybridized carbons (Fsp3) is 0.632. The molecular weight excluding hydrogens is 361 g/mol. The monoisotopic (exact) mass is 388 g/mol. The van der Waals surface area contributed by atoms with Crippen molar-refractivity contribution in [3.05, 3.63) is 28.2 Å². The zero-order valence-corrected chi connectivity index (χ0v) is 16.5. The Morgan fingerprint density at radius 3 is 2.72 bits per heavy atom. The van der Waals surface area contributed by atoms with Crippen molar-refractivity contribution < 1.29 is 19.2 Å². The van der Waals surface area contributed by atoms with E-state index in [-0.39, 0.29) is 12.1 Å². The molecule has 0 aliphatic heterocycles. The van der Waals surface area contributed by atoms with Crippen LogP contribution >= 0.6 is 23.2 Å². The molecule has 0 bridgehead atoms. The van der Waals surface area contributed by atoms with Crippen molar-refractivity contribution in [1.82, 2.24) is 0 Å². The zero-order chi connectivity index (χ0) is 18.2. The summed E-state index contributed by atoms with van der Waals surface area (Å²) in [7, 11) is 4.29. The number of hydrogen-bond acceptors (Lipinski definition) is 3. The van der Waals surface area contributed by atoms with Gasteiger partial charge in [-0.15, -0.1) is 0 Å². The van der Waals surface area contributed by atoms with Gasteiger partial charge in [0, 0.05) is 17.4 Å². The quantitative estimate of drug-likeness (QED) is 0.547. The highest BCUT2D eigenvalue weighted by atomic mass is 35.5. The van der Waals surface area contributed by atoms with Gasteiger partial charge in [-0.2, -0.15) is 0 Å². The van der Waals surface area contributed by atoms with Gasteiger partial charge in [-0.3, -0.25) is 4.79 Å². The highest BCUT2D eigenvalue weighted by molar-refractivity contribution is 6.35. The molecule has 2 atom stereocenters. The topological polar surface area (TPSA) is 40.0 Å². The van der Waals surface area contributed by atoms with E-state index in [9.17, 15) is 4.79 Å². The summed E-state index contributed by atoms with van der Waals surface area (Å²) in [6.07, 6.45) is 5.57. The number of nitrogens with one attached hydrogen (secondary N) is 1. The van der Waals surface area contributed by atoms with Gasteiger partial charge in [0.2, 0.25) is 0 Å². The number of carbonyl (C=O) groups excluding carboxylic acids is 1. The van der Waals surface area contributed by atoms with Crippen LogP contribution in [0.3, 0.4) is 0 Å². The van der Waals surface area contributed by atoms with E-state index < -0.39 is 0 Å². The van der Waals surface area contributed by atoms with Crippen molar-refractivity contribution in [2.24, 2.45) is 5.92 Å².